The molecular formula is C9H14BrNS2. The smallest absolute Gasteiger partial charge is 0.0431 e. The molecule has 0 amide bonds. The van der Waals surface area contributed by atoms with Crippen LogP contribution in [0.5, 0.6) is 0 Å². The molecule has 0 aliphatic heterocycles. The lowest BCUT2D eigenvalue weighted by atomic mass is 10.2. The Hall–Kier alpha value is 0.490. The molecule has 0 aliphatic rings. The van der Waals surface area contributed by atoms with Gasteiger partial charge in [0.2, 0.25) is 0 Å². The zero-order chi connectivity index (χ0) is 9.68. The van der Waals surface area contributed by atoms with Gasteiger partial charge in [0.1, 0.15) is 0 Å². The molecule has 1 nitrogen and oxygen atoms in total. The van der Waals surface area contributed by atoms with Crippen molar-refractivity contribution in [2.24, 2.45) is 0 Å². The topological polar surface area (TPSA) is 12.0 Å². The van der Waals surface area contributed by atoms with E-state index in [2.05, 4.69) is 45.2 Å². The van der Waals surface area contributed by atoms with Crippen LogP contribution in [0.1, 0.15) is 18.5 Å². The fourth-order valence-corrected chi connectivity index (χ4v) is 3.47. The summed E-state index contributed by atoms with van der Waals surface area (Å²) in [7, 11) is 0. The van der Waals surface area contributed by atoms with Crippen LogP contribution in [0.4, 0.5) is 0 Å². The van der Waals surface area contributed by atoms with Crippen molar-refractivity contribution in [1.82, 2.24) is 5.32 Å². The van der Waals surface area contributed by atoms with Crippen LogP contribution >= 0.6 is 39.0 Å². The lowest BCUT2D eigenvalue weighted by Crippen LogP contribution is -2.22. The molecule has 4 heteroatoms. The second kappa shape index (κ2) is 6.06. The van der Waals surface area contributed by atoms with Crippen molar-refractivity contribution in [2.45, 2.75) is 13.0 Å². The van der Waals surface area contributed by atoms with Crippen molar-refractivity contribution >= 4 is 39.0 Å². The Morgan fingerprint density at radius 2 is 2.38 bits per heavy atom. The van der Waals surface area contributed by atoms with E-state index in [1.165, 1.54) is 10.0 Å². The summed E-state index contributed by atoms with van der Waals surface area (Å²) in [6.45, 7) is 3.17. The number of rotatable bonds is 5. The summed E-state index contributed by atoms with van der Waals surface area (Å²) in [6, 6.07) is 0.487. The highest BCUT2D eigenvalue weighted by molar-refractivity contribution is 9.10. The van der Waals surface area contributed by atoms with Crippen LogP contribution < -0.4 is 5.32 Å². The summed E-state index contributed by atoms with van der Waals surface area (Å²) in [5, 5.41) is 7.84. The van der Waals surface area contributed by atoms with Crippen LogP contribution in [0, 0.1) is 0 Å². The third-order valence-corrected chi connectivity index (χ3v) is 4.22. The van der Waals surface area contributed by atoms with Crippen LogP contribution in [0.2, 0.25) is 0 Å². The van der Waals surface area contributed by atoms with Gasteiger partial charge < -0.3 is 5.32 Å². The van der Waals surface area contributed by atoms with Gasteiger partial charge in [-0.05, 0) is 39.7 Å². The fourth-order valence-electron chi connectivity index (χ4n) is 1.21. The van der Waals surface area contributed by atoms with E-state index in [9.17, 15) is 0 Å². The van der Waals surface area contributed by atoms with Crippen LogP contribution in [-0.4, -0.2) is 18.6 Å². The van der Waals surface area contributed by atoms with Gasteiger partial charge in [-0.1, -0.05) is 6.92 Å². The molecule has 0 saturated heterocycles. The molecule has 1 aromatic rings. The van der Waals surface area contributed by atoms with Gasteiger partial charge in [0.25, 0.3) is 0 Å². The number of thioether (sulfide) groups is 1. The minimum Gasteiger partial charge on any atom is -0.309 e. The number of halogens is 1. The molecule has 0 radical (unpaired) electrons. The van der Waals surface area contributed by atoms with E-state index in [0.717, 1.165) is 12.3 Å². The van der Waals surface area contributed by atoms with Gasteiger partial charge in [0.05, 0.1) is 0 Å². The maximum absolute atomic E-state index is 3.57. The lowest BCUT2D eigenvalue weighted by Gasteiger charge is -2.16. The molecule has 0 bridgehead atoms. The molecule has 1 N–H and O–H groups in total. The van der Waals surface area contributed by atoms with E-state index in [1.54, 1.807) is 11.3 Å². The first-order chi connectivity index (χ1) is 6.29. The van der Waals surface area contributed by atoms with Crippen molar-refractivity contribution in [1.29, 1.82) is 0 Å². The monoisotopic (exact) mass is 279 g/mol. The van der Waals surface area contributed by atoms with Crippen molar-refractivity contribution in [3.63, 3.8) is 0 Å². The largest absolute Gasteiger partial charge is 0.309 e. The quantitative estimate of drug-likeness (QED) is 0.885. The van der Waals surface area contributed by atoms with E-state index in [0.29, 0.717) is 6.04 Å². The van der Waals surface area contributed by atoms with Gasteiger partial charge in [0, 0.05) is 21.6 Å². The molecule has 13 heavy (non-hydrogen) atoms. The van der Waals surface area contributed by atoms with Crippen LogP contribution in [0.25, 0.3) is 0 Å². The molecular weight excluding hydrogens is 266 g/mol. The molecule has 0 fully saturated rings. The van der Waals surface area contributed by atoms with Crippen molar-refractivity contribution in [3.05, 3.63) is 20.8 Å². The standard InChI is InChI=1S/C9H14BrNS2/c1-3-11-9(6-12-2)7-4-13-5-8(7)10/h4-5,9,11H,3,6H2,1-2H3. The second-order valence-electron chi connectivity index (χ2n) is 2.74. The second-order valence-corrected chi connectivity index (χ2v) is 5.25. The molecule has 1 atom stereocenters. The molecule has 1 heterocycles. The first kappa shape index (κ1) is 11.6. The Bertz CT molecular complexity index is 244. The van der Waals surface area contributed by atoms with E-state index < -0.39 is 0 Å². The normalized spacial score (nSPS) is 13.2. The summed E-state index contributed by atoms with van der Waals surface area (Å²) in [5.41, 5.74) is 1.39. The van der Waals surface area contributed by atoms with Gasteiger partial charge >= 0.3 is 0 Å². The fraction of sp³-hybridized carbons (Fsp3) is 0.556. The Labute approximate surface area is 96.4 Å². The zero-order valence-corrected chi connectivity index (χ0v) is 11.1. The molecule has 1 unspecified atom stereocenters. The predicted octanol–water partition coefficient (Wildman–Crippen LogP) is 3.52. The van der Waals surface area contributed by atoms with E-state index in [1.807, 2.05) is 11.8 Å². The lowest BCUT2D eigenvalue weighted by molar-refractivity contribution is 0.606. The highest BCUT2D eigenvalue weighted by atomic mass is 79.9. The highest BCUT2D eigenvalue weighted by Crippen LogP contribution is 2.28. The maximum Gasteiger partial charge on any atom is 0.0431 e. The SMILES string of the molecule is CCNC(CSC)c1cscc1Br. The minimum atomic E-state index is 0.487. The highest BCUT2D eigenvalue weighted by Gasteiger charge is 2.12. The third-order valence-electron chi connectivity index (χ3n) is 1.80. The Balaban J connectivity index is 2.69. The van der Waals surface area contributed by atoms with Crippen molar-refractivity contribution in [2.75, 3.05) is 18.6 Å². The predicted molar refractivity (Wildman–Crippen MR) is 66.8 cm³/mol. The van der Waals surface area contributed by atoms with Crippen molar-refractivity contribution in [3.8, 4) is 0 Å². The van der Waals surface area contributed by atoms with E-state index in [4.69, 9.17) is 0 Å². The number of hydrogen-bond acceptors (Lipinski definition) is 3. The maximum atomic E-state index is 3.57. The molecule has 0 spiro atoms. The summed E-state index contributed by atoms with van der Waals surface area (Å²) in [4.78, 5) is 0. The van der Waals surface area contributed by atoms with Crippen LogP contribution in [-0.2, 0) is 0 Å². The summed E-state index contributed by atoms with van der Waals surface area (Å²) in [6.07, 6.45) is 2.14. The van der Waals surface area contributed by atoms with Gasteiger partial charge in [0.15, 0.2) is 0 Å². The van der Waals surface area contributed by atoms with Gasteiger partial charge in [-0.2, -0.15) is 23.1 Å². The Morgan fingerprint density at radius 3 is 2.85 bits per heavy atom. The van der Waals surface area contributed by atoms with Gasteiger partial charge in [-0.3, -0.25) is 0 Å². The molecule has 1 aromatic heterocycles. The molecule has 0 aromatic carbocycles. The van der Waals surface area contributed by atoms with E-state index in [-0.39, 0.29) is 0 Å². The van der Waals surface area contributed by atoms with Gasteiger partial charge in [-0.15, -0.1) is 0 Å². The minimum absolute atomic E-state index is 0.487. The Kier molecular flexibility index (Phi) is 5.39. The van der Waals surface area contributed by atoms with Crippen molar-refractivity contribution < 1.29 is 0 Å². The molecule has 0 saturated carbocycles. The summed E-state index contributed by atoms with van der Waals surface area (Å²) >= 11 is 7.20. The summed E-state index contributed by atoms with van der Waals surface area (Å²) < 4.78 is 1.23. The van der Waals surface area contributed by atoms with E-state index >= 15 is 0 Å². The average molecular weight is 280 g/mol. The molecule has 1 rings (SSSR count). The number of thiophene rings is 1. The third kappa shape index (κ3) is 3.27. The Morgan fingerprint density at radius 1 is 1.62 bits per heavy atom. The molecule has 0 aliphatic carbocycles. The first-order valence-electron chi connectivity index (χ1n) is 4.23. The van der Waals surface area contributed by atoms with Crippen LogP contribution in [0.3, 0.4) is 0 Å². The molecule has 74 valence electrons. The van der Waals surface area contributed by atoms with Gasteiger partial charge in [-0.25, -0.2) is 0 Å². The van der Waals surface area contributed by atoms with Crippen LogP contribution in [0.15, 0.2) is 15.2 Å². The number of nitrogens with one attached hydrogen (secondary N) is 1. The summed E-state index contributed by atoms with van der Waals surface area (Å²) in [5.74, 6) is 1.13. The average Bonchev–Trinajstić information content (AvgIpc) is 2.51. The first-order valence-corrected chi connectivity index (χ1v) is 7.36. The number of hydrogen-bond donors (Lipinski definition) is 1. The zero-order valence-electron chi connectivity index (χ0n) is 7.84.